The van der Waals surface area contributed by atoms with E-state index in [4.69, 9.17) is 4.98 Å². The van der Waals surface area contributed by atoms with Crippen LogP contribution in [0.15, 0.2) is 53.3 Å². The van der Waals surface area contributed by atoms with Crippen LogP contribution in [-0.2, 0) is 0 Å². The third-order valence-corrected chi connectivity index (χ3v) is 5.29. The molecule has 0 amide bonds. The van der Waals surface area contributed by atoms with E-state index in [0.29, 0.717) is 17.5 Å². The van der Waals surface area contributed by atoms with E-state index in [2.05, 4.69) is 10.4 Å². The van der Waals surface area contributed by atoms with Gasteiger partial charge in [0.15, 0.2) is 5.82 Å². The first-order valence-corrected chi connectivity index (χ1v) is 9.45. The van der Waals surface area contributed by atoms with Gasteiger partial charge in [-0.2, -0.15) is 4.68 Å². The van der Waals surface area contributed by atoms with Crippen LogP contribution in [0.1, 0.15) is 31.2 Å². The third kappa shape index (κ3) is 2.68. The zero-order valence-electron chi connectivity index (χ0n) is 15.2. The first-order chi connectivity index (χ1) is 13.2. The highest BCUT2D eigenvalue weighted by molar-refractivity contribution is 5.82. The quantitative estimate of drug-likeness (QED) is 0.606. The number of nitrogens with zero attached hydrogens (tertiary/aromatic N) is 4. The van der Waals surface area contributed by atoms with Crippen LogP contribution in [0.5, 0.6) is 0 Å². The standard InChI is InChI=1S/C21H21N5O/c1-14-7-6-10-16(13-14)26-21(27)25-18-12-5-4-11-17(18)23-19(20(25)24-26)22-15-8-2-3-9-15/h4-7,10-13,15H,2-3,8-9H2,1H3,(H,22,23). The lowest BCUT2D eigenvalue weighted by Gasteiger charge is -2.13. The van der Waals surface area contributed by atoms with Crippen LogP contribution in [-0.4, -0.2) is 25.2 Å². The van der Waals surface area contributed by atoms with Crippen molar-refractivity contribution in [3.8, 4) is 5.69 Å². The number of anilines is 1. The number of aryl methyl sites for hydroxylation is 1. The van der Waals surface area contributed by atoms with Crippen molar-refractivity contribution < 1.29 is 0 Å². The minimum atomic E-state index is -0.177. The van der Waals surface area contributed by atoms with Crippen LogP contribution >= 0.6 is 0 Å². The van der Waals surface area contributed by atoms with E-state index >= 15 is 0 Å². The lowest BCUT2D eigenvalue weighted by molar-refractivity contribution is 0.751. The van der Waals surface area contributed by atoms with E-state index in [1.807, 2.05) is 55.5 Å². The van der Waals surface area contributed by atoms with Gasteiger partial charge in [0.25, 0.3) is 0 Å². The molecule has 1 aliphatic rings. The van der Waals surface area contributed by atoms with Crippen LogP contribution in [0.25, 0.3) is 22.4 Å². The van der Waals surface area contributed by atoms with Gasteiger partial charge in [-0.15, -0.1) is 5.10 Å². The molecule has 0 saturated heterocycles. The average Bonchev–Trinajstić information content (AvgIpc) is 3.30. The Kier molecular flexibility index (Phi) is 3.70. The highest BCUT2D eigenvalue weighted by Gasteiger charge is 2.21. The zero-order valence-corrected chi connectivity index (χ0v) is 15.2. The summed E-state index contributed by atoms with van der Waals surface area (Å²) in [6, 6.07) is 15.9. The van der Waals surface area contributed by atoms with E-state index < -0.39 is 0 Å². The fourth-order valence-corrected chi connectivity index (χ4v) is 3.94. The molecule has 1 aliphatic carbocycles. The SMILES string of the molecule is Cc1cccc(-n2nc3c(NC4CCCC4)nc4ccccc4n3c2=O)c1. The van der Waals surface area contributed by atoms with E-state index in [1.54, 1.807) is 4.40 Å². The fourth-order valence-electron chi connectivity index (χ4n) is 3.94. The maximum Gasteiger partial charge on any atom is 0.355 e. The van der Waals surface area contributed by atoms with Crippen molar-refractivity contribution in [2.24, 2.45) is 0 Å². The topological polar surface area (TPSA) is 64.2 Å². The maximum absolute atomic E-state index is 13.3. The molecule has 0 aliphatic heterocycles. The van der Waals surface area contributed by atoms with Gasteiger partial charge in [-0.05, 0) is 49.6 Å². The van der Waals surface area contributed by atoms with Crippen molar-refractivity contribution in [2.45, 2.75) is 38.6 Å². The van der Waals surface area contributed by atoms with Crippen LogP contribution in [0.2, 0.25) is 0 Å². The number of nitrogens with one attached hydrogen (secondary N) is 1. The summed E-state index contributed by atoms with van der Waals surface area (Å²) in [4.78, 5) is 18.0. The minimum absolute atomic E-state index is 0.177. The summed E-state index contributed by atoms with van der Waals surface area (Å²) in [7, 11) is 0. The Labute approximate surface area is 156 Å². The zero-order chi connectivity index (χ0) is 18.4. The molecule has 4 aromatic rings. The van der Waals surface area contributed by atoms with E-state index in [9.17, 15) is 4.79 Å². The Morgan fingerprint density at radius 3 is 2.70 bits per heavy atom. The molecule has 27 heavy (non-hydrogen) atoms. The van der Waals surface area contributed by atoms with Crippen molar-refractivity contribution in [3.05, 3.63) is 64.6 Å². The first kappa shape index (κ1) is 16.1. The maximum atomic E-state index is 13.3. The first-order valence-electron chi connectivity index (χ1n) is 9.45. The number of fused-ring (bicyclic) bond motifs is 3. The molecule has 0 unspecified atom stereocenters. The second-order valence-corrected chi connectivity index (χ2v) is 7.27. The summed E-state index contributed by atoms with van der Waals surface area (Å²) in [5, 5.41) is 8.19. The van der Waals surface area contributed by atoms with Gasteiger partial charge in [0.2, 0.25) is 5.65 Å². The lowest BCUT2D eigenvalue weighted by Crippen LogP contribution is -2.21. The van der Waals surface area contributed by atoms with Crippen molar-refractivity contribution in [1.29, 1.82) is 0 Å². The molecule has 1 fully saturated rings. The Bertz CT molecular complexity index is 1200. The van der Waals surface area contributed by atoms with Gasteiger partial charge in [-0.25, -0.2) is 14.2 Å². The summed E-state index contributed by atoms with van der Waals surface area (Å²) < 4.78 is 3.14. The van der Waals surface area contributed by atoms with Gasteiger partial charge in [0.1, 0.15) is 0 Å². The molecule has 0 radical (unpaired) electrons. The molecule has 6 nitrogen and oxygen atoms in total. The Morgan fingerprint density at radius 1 is 1.07 bits per heavy atom. The summed E-state index contributed by atoms with van der Waals surface area (Å²) in [5.41, 5.74) is 3.81. The monoisotopic (exact) mass is 359 g/mol. The molecule has 0 bridgehead atoms. The van der Waals surface area contributed by atoms with Gasteiger partial charge in [-0.3, -0.25) is 0 Å². The smallest absolute Gasteiger partial charge is 0.355 e. The second-order valence-electron chi connectivity index (χ2n) is 7.27. The predicted molar refractivity (Wildman–Crippen MR) is 107 cm³/mol. The molecule has 136 valence electrons. The Morgan fingerprint density at radius 2 is 1.89 bits per heavy atom. The van der Waals surface area contributed by atoms with Crippen molar-refractivity contribution in [2.75, 3.05) is 5.32 Å². The molecule has 2 aromatic carbocycles. The molecule has 2 aromatic heterocycles. The van der Waals surface area contributed by atoms with Crippen molar-refractivity contribution in [3.63, 3.8) is 0 Å². The number of aromatic nitrogens is 4. The summed E-state index contributed by atoms with van der Waals surface area (Å²) in [5.74, 6) is 0.684. The summed E-state index contributed by atoms with van der Waals surface area (Å²) >= 11 is 0. The molecular weight excluding hydrogens is 338 g/mol. The van der Waals surface area contributed by atoms with Gasteiger partial charge < -0.3 is 5.32 Å². The van der Waals surface area contributed by atoms with Gasteiger partial charge in [-0.1, -0.05) is 37.1 Å². The fraction of sp³-hybridized carbons (Fsp3) is 0.286. The highest BCUT2D eigenvalue weighted by atomic mass is 16.2. The molecule has 2 heterocycles. The number of hydrogen-bond donors (Lipinski definition) is 1. The number of hydrogen-bond acceptors (Lipinski definition) is 4. The van der Waals surface area contributed by atoms with Crippen molar-refractivity contribution >= 4 is 22.5 Å². The number of benzene rings is 2. The molecule has 1 N–H and O–H groups in total. The average molecular weight is 359 g/mol. The normalized spacial score (nSPS) is 15.0. The van der Waals surface area contributed by atoms with Crippen LogP contribution < -0.4 is 11.0 Å². The minimum Gasteiger partial charge on any atom is -0.364 e. The predicted octanol–water partition coefficient (Wildman–Crippen LogP) is 3.70. The largest absolute Gasteiger partial charge is 0.364 e. The van der Waals surface area contributed by atoms with E-state index in [0.717, 1.165) is 35.1 Å². The number of para-hydroxylation sites is 2. The van der Waals surface area contributed by atoms with Crippen LogP contribution in [0, 0.1) is 6.92 Å². The Balaban J connectivity index is 1.78. The van der Waals surface area contributed by atoms with Gasteiger partial charge >= 0.3 is 5.69 Å². The third-order valence-electron chi connectivity index (χ3n) is 5.29. The van der Waals surface area contributed by atoms with Crippen LogP contribution in [0.4, 0.5) is 5.82 Å². The summed E-state index contributed by atoms with van der Waals surface area (Å²) in [6.07, 6.45) is 4.71. The molecule has 0 spiro atoms. The van der Waals surface area contributed by atoms with E-state index in [1.165, 1.54) is 17.5 Å². The molecule has 5 rings (SSSR count). The van der Waals surface area contributed by atoms with E-state index in [-0.39, 0.29) is 5.69 Å². The Hall–Kier alpha value is -3.15. The highest BCUT2D eigenvalue weighted by Crippen LogP contribution is 2.25. The molecule has 6 heteroatoms. The molecular formula is C21H21N5O. The molecule has 0 atom stereocenters. The van der Waals surface area contributed by atoms with Crippen molar-refractivity contribution in [1.82, 2.24) is 19.2 Å². The summed E-state index contributed by atoms with van der Waals surface area (Å²) in [6.45, 7) is 2.01. The number of rotatable bonds is 3. The lowest BCUT2D eigenvalue weighted by atomic mass is 10.2. The van der Waals surface area contributed by atoms with Crippen LogP contribution in [0.3, 0.4) is 0 Å². The second kappa shape index (κ2) is 6.23. The molecule has 1 saturated carbocycles. The van der Waals surface area contributed by atoms with Gasteiger partial charge in [0.05, 0.1) is 16.7 Å². The van der Waals surface area contributed by atoms with Gasteiger partial charge in [0, 0.05) is 6.04 Å².